The van der Waals surface area contributed by atoms with Crippen molar-refractivity contribution in [2.45, 2.75) is 65.4 Å². The zero-order valence-electron chi connectivity index (χ0n) is 14.5. The van der Waals surface area contributed by atoms with Gasteiger partial charge in [-0.2, -0.15) is 0 Å². The summed E-state index contributed by atoms with van der Waals surface area (Å²) in [6.07, 6.45) is 8.61. The molecule has 2 fully saturated rings. The second-order valence-corrected chi connectivity index (χ2v) is 7.44. The van der Waals surface area contributed by atoms with Gasteiger partial charge in [-0.05, 0) is 50.1 Å². The van der Waals surface area contributed by atoms with Gasteiger partial charge in [-0.15, -0.1) is 0 Å². The second kappa shape index (κ2) is 8.50. The van der Waals surface area contributed by atoms with Gasteiger partial charge in [0.1, 0.15) is 0 Å². The Labute approximate surface area is 131 Å². The molecular formula is C18H36N2O. The highest BCUT2D eigenvalue weighted by molar-refractivity contribution is 4.90. The number of hydrogen-bond donors (Lipinski definition) is 1. The third kappa shape index (κ3) is 5.22. The number of nitrogens with one attached hydrogen (secondary N) is 1. The Morgan fingerprint density at radius 3 is 2.71 bits per heavy atom. The Kier molecular flexibility index (Phi) is 6.97. The second-order valence-electron chi connectivity index (χ2n) is 7.44. The topological polar surface area (TPSA) is 24.5 Å². The van der Waals surface area contributed by atoms with Crippen LogP contribution in [-0.4, -0.2) is 50.3 Å². The van der Waals surface area contributed by atoms with E-state index in [0.717, 1.165) is 32.2 Å². The molecule has 1 aliphatic heterocycles. The maximum atomic E-state index is 5.85. The molecule has 3 nitrogen and oxygen atoms in total. The molecule has 0 radical (unpaired) electrons. The molecule has 3 atom stereocenters. The van der Waals surface area contributed by atoms with Gasteiger partial charge in [0.15, 0.2) is 0 Å². The van der Waals surface area contributed by atoms with E-state index in [0.29, 0.717) is 11.5 Å². The Morgan fingerprint density at radius 1 is 1.24 bits per heavy atom. The Hall–Kier alpha value is -0.120. The maximum Gasteiger partial charge on any atom is 0.0702 e. The normalized spacial score (nSPS) is 33.7. The molecule has 3 heteroatoms. The van der Waals surface area contributed by atoms with E-state index in [4.69, 9.17) is 4.74 Å². The van der Waals surface area contributed by atoms with Crippen molar-refractivity contribution in [3.63, 3.8) is 0 Å². The highest BCUT2D eigenvalue weighted by Gasteiger charge is 2.36. The lowest BCUT2D eigenvalue weighted by Gasteiger charge is -2.44. The van der Waals surface area contributed by atoms with Crippen LogP contribution in [0.15, 0.2) is 0 Å². The molecule has 0 aromatic heterocycles. The van der Waals surface area contributed by atoms with E-state index in [2.05, 4.69) is 31.0 Å². The smallest absolute Gasteiger partial charge is 0.0702 e. The summed E-state index contributed by atoms with van der Waals surface area (Å²) >= 11 is 0. The summed E-state index contributed by atoms with van der Waals surface area (Å²) in [6, 6.07) is 0. The molecule has 1 aliphatic carbocycles. The van der Waals surface area contributed by atoms with Gasteiger partial charge in [0.2, 0.25) is 0 Å². The Morgan fingerprint density at radius 2 is 2.10 bits per heavy atom. The van der Waals surface area contributed by atoms with Gasteiger partial charge in [-0.1, -0.05) is 33.6 Å². The van der Waals surface area contributed by atoms with Crippen LogP contribution in [0.3, 0.4) is 0 Å². The van der Waals surface area contributed by atoms with Crippen molar-refractivity contribution in [1.82, 2.24) is 10.2 Å². The molecule has 2 rings (SSSR count). The molecule has 1 heterocycles. The summed E-state index contributed by atoms with van der Waals surface area (Å²) < 4.78 is 5.85. The average molecular weight is 296 g/mol. The highest BCUT2D eigenvalue weighted by atomic mass is 16.5. The van der Waals surface area contributed by atoms with Gasteiger partial charge in [0.05, 0.1) is 6.10 Å². The molecule has 0 aromatic rings. The molecule has 0 bridgehead atoms. The van der Waals surface area contributed by atoms with Gasteiger partial charge >= 0.3 is 0 Å². The first kappa shape index (κ1) is 17.2. The van der Waals surface area contributed by atoms with E-state index in [1.54, 1.807) is 0 Å². The van der Waals surface area contributed by atoms with Crippen molar-refractivity contribution >= 4 is 0 Å². The molecule has 3 unspecified atom stereocenters. The van der Waals surface area contributed by atoms with Gasteiger partial charge in [-0.25, -0.2) is 0 Å². The number of ether oxygens (including phenoxy) is 1. The summed E-state index contributed by atoms with van der Waals surface area (Å²) in [7, 11) is 0. The Balaban J connectivity index is 1.94. The molecule has 1 saturated carbocycles. The highest BCUT2D eigenvalue weighted by Crippen LogP contribution is 2.39. The molecule has 1 N–H and O–H groups in total. The zero-order chi connectivity index (χ0) is 15.1. The lowest BCUT2D eigenvalue weighted by Crippen LogP contribution is -2.48. The first-order chi connectivity index (χ1) is 10.2. The third-order valence-corrected chi connectivity index (χ3v) is 5.43. The van der Waals surface area contributed by atoms with E-state index >= 15 is 0 Å². The van der Waals surface area contributed by atoms with Crippen LogP contribution in [0.4, 0.5) is 0 Å². The van der Waals surface area contributed by atoms with Gasteiger partial charge in [0.25, 0.3) is 0 Å². The minimum atomic E-state index is 0.488. The van der Waals surface area contributed by atoms with Crippen LogP contribution in [0.2, 0.25) is 0 Å². The number of nitrogens with zero attached hydrogens (tertiary/aromatic N) is 1. The molecule has 0 aromatic carbocycles. The summed E-state index contributed by atoms with van der Waals surface area (Å²) in [6.45, 7) is 13.8. The lowest BCUT2D eigenvalue weighted by molar-refractivity contribution is 0.0373. The average Bonchev–Trinajstić information content (AvgIpc) is 2.97. The first-order valence-corrected chi connectivity index (χ1v) is 9.22. The molecule has 0 spiro atoms. The molecule has 1 saturated heterocycles. The van der Waals surface area contributed by atoms with Crippen molar-refractivity contribution in [2.75, 3.05) is 39.3 Å². The van der Waals surface area contributed by atoms with Crippen LogP contribution in [0.25, 0.3) is 0 Å². The lowest BCUT2D eigenvalue weighted by atomic mass is 9.69. The Bertz CT molecular complexity index is 291. The van der Waals surface area contributed by atoms with Crippen LogP contribution in [0.1, 0.15) is 59.3 Å². The van der Waals surface area contributed by atoms with Gasteiger partial charge < -0.3 is 15.0 Å². The molecule has 124 valence electrons. The van der Waals surface area contributed by atoms with Crippen LogP contribution < -0.4 is 5.32 Å². The SMILES string of the molecule is CCNCC1(CN(CC)CC2CCCO2)CCCC(C)C1. The molecule has 0 amide bonds. The largest absolute Gasteiger partial charge is 0.377 e. The molecule has 2 aliphatic rings. The molecular weight excluding hydrogens is 260 g/mol. The quantitative estimate of drug-likeness (QED) is 0.744. The van der Waals surface area contributed by atoms with Crippen LogP contribution >= 0.6 is 0 Å². The van der Waals surface area contributed by atoms with Crippen molar-refractivity contribution < 1.29 is 4.74 Å². The van der Waals surface area contributed by atoms with E-state index < -0.39 is 0 Å². The van der Waals surface area contributed by atoms with Crippen molar-refractivity contribution in [3.8, 4) is 0 Å². The number of hydrogen-bond acceptors (Lipinski definition) is 3. The van der Waals surface area contributed by atoms with Crippen LogP contribution in [0.5, 0.6) is 0 Å². The van der Waals surface area contributed by atoms with Crippen molar-refractivity contribution in [2.24, 2.45) is 11.3 Å². The van der Waals surface area contributed by atoms with Crippen molar-refractivity contribution in [1.29, 1.82) is 0 Å². The fraction of sp³-hybridized carbons (Fsp3) is 1.00. The summed E-state index contributed by atoms with van der Waals surface area (Å²) in [5.74, 6) is 0.888. The van der Waals surface area contributed by atoms with Crippen LogP contribution in [-0.2, 0) is 4.74 Å². The minimum absolute atomic E-state index is 0.488. The van der Waals surface area contributed by atoms with Gasteiger partial charge in [-0.3, -0.25) is 0 Å². The molecule has 21 heavy (non-hydrogen) atoms. The third-order valence-electron chi connectivity index (χ3n) is 5.43. The van der Waals surface area contributed by atoms with Gasteiger partial charge in [0, 0.05) is 26.2 Å². The predicted octanol–water partition coefficient (Wildman–Crippen LogP) is 3.29. The van der Waals surface area contributed by atoms with E-state index in [9.17, 15) is 0 Å². The summed E-state index contributed by atoms with van der Waals surface area (Å²) in [5.41, 5.74) is 0.488. The monoisotopic (exact) mass is 296 g/mol. The van der Waals surface area contributed by atoms with E-state index in [1.165, 1.54) is 51.6 Å². The minimum Gasteiger partial charge on any atom is -0.377 e. The summed E-state index contributed by atoms with van der Waals surface area (Å²) in [5, 5.41) is 3.64. The maximum absolute atomic E-state index is 5.85. The van der Waals surface area contributed by atoms with Crippen LogP contribution in [0, 0.1) is 11.3 Å². The number of rotatable bonds is 8. The fourth-order valence-corrected chi connectivity index (χ4v) is 4.38. The van der Waals surface area contributed by atoms with E-state index in [-0.39, 0.29) is 0 Å². The predicted molar refractivity (Wildman–Crippen MR) is 89.7 cm³/mol. The standard InChI is InChI=1S/C18H36N2O/c1-4-19-14-18(10-6-8-16(3)12-18)15-20(5-2)13-17-9-7-11-21-17/h16-17,19H,4-15H2,1-3H3. The number of likely N-dealkylation sites (N-methyl/N-ethyl adjacent to an activating group) is 1. The fourth-order valence-electron chi connectivity index (χ4n) is 4.38. The summed E-state index contributed by atoms with van der Waals surface area (Å²) in [4.78, 5) is 2.66. The van der Waals surface area contributed by atoms with Crippen molar-refractivity contribution in [3.05, 3.63) is 0 Å². The zero-order valence-corrected chi connectivity index (χ0v) is 14.5. The first-order valence-electron chi connectivity index (χ1n) is 9.22. The van der Waals surface area contributed by atoms with E-state index in [1.807, 2.05) is 0 Å².